The lowest BCUT2D eigenvalue weighted by atomic mass is 9.98. The normalized spacial score (nSPS) is 11.7. The molecule has 0 aliphatic rings. The summed E-state index contributed by atoms with van der Waals surface area (Å²) in [5.41, 5.74) is 7.51. The van der Waals surface area contributed by atoms with Crippen LogP contribution in [0.1, 0.15) is 5.56 Å². The summed E-state index contributed by atoms with van der Waals surface area (Å²) in [5.74, 6) is -0.686. The minimum atomic E-state index is -0.512. The molecule has 0 fully saturated rings. The van der Waals surface area contributed by atoms with E-state index < -0.39 is 5.92 Å². The van der Waals surface area contributed by atoms with E-state index in [-0.39, 0.29) is 10.9 Å². The van der Waals surface area contributed by atoms with E-state index in [4.69, 9.17) is 18.0 Å². The fraction of sp³-hybridized carbons (Fsp3) is 0.125. The van der Waals surface area contributed by atoms with Crippen LogP contribution < -0.4 is 11.1 Å². The molecule has 1 unspecified atom stereocenters. The maximum absolute atomic E-state index is 12.4. The van der Waals surface area contributed by atoms with E-state index in [0.717, 1.165) is 14.8 Å². The summed E-state index contributed by atoms with van der Waals surface area (Å²) in [7, 11) is 0. The average Bonchev–Trinajstić information content (AvgIpc) is 2.48. The highest BCUT2D eigenvalue weighted by Crippen LogP contribution is 2.15. The summed E-state index contributed by atoms with van der Waals surface area (Å²) < 4.78 is 1.11. The first kappa shape index (κ1) is 15.9. The molecule has 2 aromatic carbocycles. The van der Waals surface area contributed by atoms with Gasteiger partial charge in [-0.15, -0.1) is 0 Å². The van der Waals surface area contributed by atoms with Gasteiger partial charge in [0.15, 0.2) is 0 Å². The third kappa shape index (κ3) is 4.78. The Balaban J connectivity index is 2.09. The summed E-state index contributed by atoms with van der Waals surface area (Å²) in [6.07, 6.45) is 0.506. The number of hydrogen-bond acceptors (Lipinski definition) is 2. The van der Waals surface area contributed by atoms with Crippen LogP contribution in [-0.4, -0.2) is 10.9 Å². The maximum Gasteiger partial charge on any atom is 0.234 e. The van der Waals surface area contributed by atoms with Gasteiger partial charge in [0.05, 0.1) is 10.9 Å². The first-order valence-corrected chi connectivity index (χ1v) is 7.94. The molecule has 0 radical (unpaired) electrons. The van der Waals surface area contributed by atoms with Gasteiger partial charge in [0.1, 0.15) is 0 Å². The molecule has 0 bridgehead atoms. The molecule has 5 heteroatoms. The van der Waals surface area contributed by atoms with E-state index in [0.29, 0.717) is 6.42 Å². The van der Waals surface area contributed by atoms with Crippen LogP contribution in [0, 0.1) is 9.49 Å². The Morgan fingerprint density at radius 2 is 1.76 bits per heavy atom. The van der Waals surface area contributed by atoms with E-state index in [1.54, 1.807) is 0 Å². The lowest BCUT2D eigenvalue weighted by Crippen LogP contribution is -2.34. The number of thiocarbonyl (C=S) groups is 1. The molecule has 3 N–H and O–H groups in total. The Bertz CT molecular complexity index is 628. The molecule has 3 nitrogen and oxygen atoms in total. The predicted octanol–water partition coefficient (Wildman–Crippen LogP) is 3.37. The Morgan fingerprint density at radius 3 is 2.33 bits per heavy atom. The zero-order chi connectivity index (χ0) is 15.2. The van der Waals surface area contributed by atoms with Crippen molar-refractivity contribution in [2.24, 2.45) is 11.7 Å². The van der Waals surface area contributed by atoms with Gasteiger partial charge >= 0.3 is 0 Å². The van der Waals surface area contributed by atoms with Crippen molar-refractivity contribution in [2.75, 3.05) is 5.32 Å². The Morgan fingerprint density at radius 1 is 1.14 bits per heavy atom. The highest BCUT2D eigenvalue weighted by Gasteiger charge is 2.22. The van der Waals surface area contributed by atoms with Crippen LogP contribution in [0.2, 0.25) is 0 Å². The molecule has 0 aromatic heterocycles. The molecule has 1 amide bonds. The topological polar surface area (TPSA) is 55.1 Å². The maximum atomic E-state index is 12.4. The molecule has 0 saturated heterocycles. The first-order valence-electron chi connectivity index (χ1n) is 6.46. The van der Waals surface area contributed by atoms with Gasteiger partial charge < -0.3 is 11.1 Å². The van der Waals surface area contributed by atoms with Crippen LogP contribution in [0.25, 0.3) is 0 Å². The van der Waals surface area contributed by atoms with Gasteiger partial charge in [0, 0.05) is 9.26 Å². The summed E-state index contributed by atoms with van der Waals surface area (Å²) >= 11 is 7.26. The second-order valence-electron chi connectivity index (χ2n) is 4.64. The van der Waals surface area contributed by atoms with Crippen molar-refractivity contribution < 1.29 is 4.79 Å². The third-order valence-corrected chi connectivity index (χ3v) is 4.06. The number of amides is 1. The van der Waals surface area contributed by atoms with Gasteiger partial charge in [-0.25, -0.2) is 0 Å². The molecule has 2 rings (SSSR count). The SMILES string of the molecule is NC(=S)C(Cc1ccccc1)C(=O)Nc1ccc(I)cc1. The Hall–Kier alpha value is -1.47. The molecule has 0 aliphatic carbocycles. The van der Waals surface area contributed by atoms with Gasteiger partial charge in [-0.2, -0.15) is 0 Å². The number of carbonyl (C=O) groups is 1. The highest BCUT2D eigenvalue weighted by atomic mass is 127. The number of nitrogens with two attached hydrogens (primary N) is 1. The van der Waals surface area contributed by atoms with Crippen LogP contribution in [0.4, 0.5) is 5.69 Å². The summed E-state index contributed by atoms with van der Waals surface area (Å²) in [6, 6.07) is 17.3. The smallest absolute Gasteiger partial charge is 0.234 e. The van der Waals surface area contributed by atoms with Crippen molar-refractivity contribution in [3.63, 3.8) is 0 Å². The van der Waals surface area contributed by atoms with Crippen LogP contribution in [0.15, 0.2) is 54.6 Å². The standard InChI is InChI=1S/C16H15IN2OS/c17-12-6-8-13(9-7-12)19-16(20)14(15(18)21)10-11-4-2-1-3-5-11/h1-9,14H,10H2,(H2,18,21)(H,19,20). The zero-order valence-electron chi connectivity index (χ0n) is 11.3. The highest BCUT2D eigenvalue weighted by molar-refractivity contribution is 14.1. The molecule has 0 spiro atoms. The van der Waals surface area contributed by atoms with Gasteiger partial charge in [0.2, 0.25) is 5.91 Å². The molecule has 1 atom stereocenters. The summed E-state index contributed by atoms with van der Waals surface area (Å²) in [4.78, 5) is 12.6. The minimum Gasteiger partial charge on any atom is -0.393 e. The van der Waals surface area contributed by atoms with E-state index in [1.807, 2.05) is 54.6 Å². The van der Waals surface area contributed by atoms with Crippen molar-refractivity contribution in [2.45, 2.75) is 6.42 Å². The monoisotopic (exact) mass is 410 g/mol. The second kappa shape index (κ2) is 7.51. The number of rotatable bonds is 5. The number of benzene rings is 2. The summed E-state index contributed by atoms with van der Waals surface area (Å²) in [5, 5.41) is 2.86. The number of nitrogens with one attached hydrogen (secondary N) is 1. The number of hydrogen-bond donors (Lipinski definition) is 2. The fourth-order valence-electron chi connectivity index (χ4n) is 1.93. The van der Waals surface area contributed by atoms with Crippen LogP contribution in [-0.2, 0) is 11.2 Å². The molecular weight excluding hydrogens is 395 g/mol. The van der Waals surface area contributed by atoms with Crippen molar-refractivity contribution in [1.82, 2.24) is 0 Å². The van der Waals surface area contributed by atoms with Crippen molar-refractivity contribution in [3.8, 4) is 0 Å². The van der Waals surface area contributed by atoms with Crippen molar-refractivity contribution >= 4 is 51.4 Å². The predicted molar refractivity (Wildman–Crippen MR) is 98.2 cm³/mol. The lowest BCUT2D eigenvalue weighted by Gasteiger charge is -2.15. The van der Waals surface area contributed by atoms with Crippen molar-refractivity contribution in [1.29, 1.82) is 0 Å². The summed E-state index contributed by atoms with van der Waals surface area (Å²) in [6.45, 7) is 0. The van der Waals surface area contributed by atoms with E-state index >= 15 is 0 Å². The molecular formula is C16H15IN2OS. The molecule has 21 heavy (non-hydrogen) atoms. The molecule has 108 valence electrons. The minimum absolute atomic E-state index is 0.174. The van der Waals surface area contributed by atoms with Crippen LogP contribution in [0.3, 0.4) is 0 Å². The average molecular weight is 410 g/mol. The Labute approximate surface area is 143 Å². The van der Waals surface area contributed by atoms with Gasteiger partial charge in [-0.05, 0) is 58.8 Å². The second-order valence-corrected chi connectivity index (χ2v) is 6.36. The molecule has 2 aromatic rings. The number of anilines is 1. The molecule has 0 saturated carbocycles. The third-order valence-electron chi connectivity index (χ3n) is 3.05. The quantitative estimate of drug-likeness (QED) is 0.587. The van der Waals surface area contributed by atoms with E-state index in [9.17, 15) is 4.79 Å². The van der Waals surface area contributed by atoms with E-state index in [2.05, 4.69) is 27.9 Å². The van der Waals surface area contributed by atoms with Crippen molar-refractivity contribution in [3.05, 3.63) is 63.7 Å². The Kier molecular flexibility index (Phi) is 5.69. The van der Waals surface area contributed by atoms with E-state index in [1.165, 1.54) is 0 Å². The van der Waals surface area contributed by atoms with Crippen LogP contribution >= 0.6 is 34.8 Å². The number of halogens is 1. The van der Waals surface area contributed by atoms with Gasteiger partial charge in [-0.1, -0.05) is 42.5 Å². The fourth-order valence-corrected chi connectivity index (χ4v) is 2.48. The zero-order valence-corrected chi connectivity index (χ0v) is 14.2. The van der Waals surface area contributed by atoms with Crippen LogP contribution in [0.5, 0.6) is 0 Å². The van der Waals surface area contributed by atoms with Gasteiger partial charge in [0.25, 0.3) is 0 Å². The number of carbonyl (C=O) groups excluding carboxylic acids is 1. The largest absolute Gasteiger partial charge is 0.393 e. The molecule has 0 aliphatic heterocycles. The lowest BCUT2D eigenvalue weighted by molar-refractivity contribution is -0.118. The first-order chi connectivity index (χ1) is 10.1. The molecule has 0 heterocycles. The van der Waals surface area contributed by atoms with Gasteiger partial charge in [-0.3, -0.25) is 4.79 Å².